The summed E-state index contributed by atoms with van der Waals surface area (Å²) in [7, 11) is 0. The highest BCUT2D eigenvalue weighted by Gasteiger charge is 2.09. The van der Waals surface area contributed by atoms with Crippen LogP contribution in [0.3, 0.4) is 0 Å². The lowest BCUT2D eigenvalue weighted by Gasteiger charge is -1.97. The molecule has 0 saturated carbocycles. The Kier molecular flexibility index (Phi) is 3.84. The fourth-order valence-corrected chi connectivity index (χ4v) is 1.85. The molecule has 3 nitrogen and oxygen atoms in total. The molecule has 0 aliphatic rings. The van der Waals surface area contributed by atoms with Crippen molar-refractivity contribution in [2.24, 2.45) is 0 Å². The largest absolute Gasteiger partial charge is 0.339 e. The maximum atomic E-state index is 5.89. The third-order valence-electron chi connectivity index (χ3n) is 1.95. The van der Waals surface area contributed by atoms with E-state index in [0.717, 1.165) is 10.0 Å². The lowest BCUT2D eigenvalue weighted by atomic mass is 10.2. The summed E-state index contributed by atoms with van der Waals surface area (Å²) in [5, 5.41) is 4.51. The van der Waals surface area contributed by atoms with Crippen LogP contribution in [0.5, 0.6) is 0 Å². The lowest BCUT2D eigenvalue weighted by molar-refractivity contribution is 0.383. The third kappa shape index (κ3) is 2.56. The van der Waals surface area contributed by atoms with Crippen LogP contribution in [-0.4, -0.2) is 16.0 Å². The molecule has 0 N–H and O–H groups in total. The van der Waals surface area contributed by atoms with Gasteiger partial charge in [0.25, 0.3) is 0 Å². The number of aromatic nitrogens is 2. The van der Waals surface area contributed by atoms with Crippen molar-refractivity contribution in [2.75, 3.05) is 5.88 Å². The molecule has 0 unspecified atom stereocenters. The Morgan fingerprint density at radius 1 is 1.38 bits per heavy atom. The molecule has 1 heterocycles. The van der Waals surface area contributed by atoms with Crippen molar-refractivity contribution < 1.29 is 4.52 Å². The van der Waals surface area contributed by atoms with Crippen LogP contribution in [0, 0.1) is 0 Å². The topological polar surface area (TPSA) is 38.9 Å². The molecule has 0 atom stereocenters. The second-order valence-corrected chi connectivity index (χ2v) is 4.72. The van der Waals surface area contributed by atoms with Crippen molar-refractivity contribution in [3.8, 4) is 11.4 Å². The zero-order valence-electron chi connectivity index (χ0n) is 8.08. The molecule has 16 heavy (non-hydrogen) atoms. The van der Waals surface area contributed by atoms with Crippen LogP contribution < -0.4 is 0 Å². The van der Waals surface area contributed by atoms with Crippen LogP contribution in [0.25, 0.3) is 11.4 Å². The average molecular weight is 322 g/mol. The van der Waals surface area contributed by atoms with E-state index < -0.39 is 0 Å². The Labute approximate surface area is 111 Å². The number of rotatable bonds is 3. The molecule has 2 rings (SSSR count). The maximum Gasteiger partial charge on any atom is 0.228 e. The highest BCUT2D eigenvalue weighted by Crippen LogP contribution is 2.27. The summed E-state index contributed by atoms with van der Waals surface area (Å²) < 4.78 is 5.84. The predicted octanol–water partition coefficient (Wildman–Crippen LogP) is 3.93. The highest BCUT2D eigenvalue weighted by molar-refractivity contribution is 9.10. The van der Waals surface area contributed by atoms with Crippen LogP contribution in [0.15, 0.2) is 27.2 Å². The van der Waals surface area contributed by atoms with Crippen LogP contribution in [0.1, 0.15) is 5.89 Å². The van der Waals surface area contributed by atoms with Gasteiger partial charge < -0.3 is 4.52 Å². The molecule has 0 fully saturated rings. The molecular formula is C10H7BrCl2N2O. The second kappa shape index (κ2) is 5.17. The van der Waals surface area contributed by atoms with E-state index in [4.69, 9.17) is 27.7 Å². The Morgan fingerprint density at radius 3 is 2.88 bits per heavy atom. The van der Waals surface area contributed by atoms with Gasteiger partial charge in [-0.3, -0.25) is 0 Å². The number of nitrogens with zero attached hydrogens (tertiary/aromatic N) is 2. The average Bonchev–Trinajstić information content (AvgIpc) is 2.71. The Morgan fingerprint density at radius 2 is 2.19 bits per heavy atom. The number of hydrogen-bond acceptors (Lipinski definition) is 3. The normalized spacial score (nSPS) is 10.7. The first-order valence-electron chi connectivity index (χ1n) is 4.54. The summed E-state index contributed by atoms with van der Waals surface area (Å²) in [5.74, 6) is 1.54. The van der Waals surface area contributed by atoms with Crippen molar-refractivity contribution in [1.29, 1.82) is 0 Å². The Balaban J connectivity index is 2.31. The van der Waals surface area contributed by atoms with Crippen molar-refractivity contribution in [3.05, 3.63) is 33.6 Å². The molecule has 1 aromatic heterocycles. The van der Waals surface area contributed by atoms with E-state index in [1.807, 2.05) is 12.1 Å². The SMILES string of the molecule is ClCCc1nc(-c2ccc(Cl)c(Br)c2)no1. The monoisotopic (exact) mass is 320 g/mol. The van der Waals surface area contributed by atoms with Gasteiger partial charge in [0.05, 0.1) is 5.02 Å². The van der Waals surface area contributed by atoms with Gasteiger partial charge >= 0.3 is 0 Å². The van der Waals surface area contributed by atoms with Crippen molar-refractivity contribution in [2.45, 2.75) is 6.42 Å². The summed E-state index contributed by atoms with van der Waals surface area (Å²) >= 11 is 14.8. The zero-order chi connectivity index (χ0) is 11.5. The fourth-order valence-electron chi connectivity index (χ4n) is 1.19. The first-order chi connectivity index (χ1) is 7.70. The van der Waals surface area contributed by atoms with Crippen LogP contribution >= 0.6 is 39.1 Å². The molecule has 0 radical (unpaired) electrons. The summed E-state index contributed by atoms with van der Waals surface area (Å²) in [6.07, 6.45) is 0.573. The molecular weight excluding hydrogens is 315 g/mol. The minimum Gasteiger partial charge on any atom is -0.339 e. The van der Waals surface area contributed by atoms with Gasteiger partial charge in [-0.25, -0.2) is 0 Å². The number of aryl methyl sites for hydroxylation is 1. The van der Waals surface area contributed by atoms with Gasteiger partial charge in [-0.05, 0) is 34.1 Å². The summed E-state index contributed by atoms with van der Waals surface area (Å²) in [4.78, 5) is 4.21. The molecule has 0 saturated heterocycles. The van der Waals surface area contributed by atoms with E-state index in [1.165, 1.54) is 0 Å². The van der Waals surface area contributed by atoms with E-state index in [-0.39, 0.29) is 0 Å². The number of alkyl halides is 1. The van der Waals surface area contributed by atoms with Crippen LogP contribution in [-0.2, 0) is 6.42 Å². The molecule has 1 aromatic carbocycles. The van der Waals surface area contributed by atoms with Gasteiger partial charge in [-0.1, -0.05) is 16.8 Å². The standard InChI is InChI=1S/C10H7BrCl2N2O/c11-7-5-6(1-2-8(7)13)10-14-9(3-4-12)16-15-10/h1-2,5H,3-4H2. The minimum absolute atomic E-state index is 0.464. The predicted molar refractivity (Wildman–Crippen MR) is 66.9 cm³/mol. The highest BCUT2D eigenvalue weighted by atomic mass is 79.9. The quantitative estimate of drug-likeness (QED) is 0.804. The van der Waals surface area contributed by atoms with E-state index in [9.17, 15) is 0 Å². The summed E-state index contributed by atoms with van der Waals surface area (Å²) in [6.45, 7) is 0. The molecule has 0 aliphatic heterocycles. The van der Waals surface area contributed by atoms with Crippen molar-refractivity contribution in [1.82, 2.24) is 10.1 Å². The van der Waals surface area contributed by atoms with Gasteiger partial charge in [-0.2, -0.15) is 4.98 Å². The van der Waals surface area contributed by atoms with E-state index >= 15 is 0 Å². The molecule has 0 spiro atoms. The minimum atomic E-state index is 0.464. The van der Waals surface area contributed by atoms with Gasteiger partial charge in [0.1, 0.15) is 0 Å². The second-order valence-electron chi connectivity index (χ2n) is 3.08. The Bertz CT molecular complexity index is 501. The van der Waals surface area contributed by atoms with Gasteiger partial charge in [0, 0.05) is 22.3 Å². The first-order valence-corrected chi connectivity index (χ1v) is 6.25. The molecule has 0 amide bonds. The molecule has 84 valence electrons. The van der Waals surface area contributed by atoms with E-state index in [1.54, 1.807) is 6.07 Å². The lowest BCUT2D eigenvalue weighted by Crippen LogP contribution is -1.86. The van der Waals surface area contributed by atoms with Gasteiger partial charge in [0.15, 0.2) is 0 Å². The van der Waals surface area contributed by atoms with Crippen molar-refractivity contribution >= 4 is 39.1 Å². The zero-order valence-corrected chi connectivity index (χ0v) is 11.2. The van der Waals surface area contributed by atoms with Crippen LogP contribution in [0.2, 0.25) is 5.02 Å². The Hall–Kier alpha value is -0.580. The molecule has 2 aromatic rings. The van der Waals surface area contributed by atoms with E-state index in [2.05, 4.69) is 26.1 Å². The van der Waals surface area contributed by atoms with E-state index in [0.29, 0.717) is 29.0 Å². The van der Waals surface area contributed by atoms with Gasteiger partial charge in [0.2, 0.25) is 11.7 Å². The molecule has 0 aliphatic carbocycles. The number of halogens is 3. The fraction of sp³-hybridized carbons (Fsp3) is 0.200. The smallest absolute Gasteiger partial charge is 0.228 e. The molecule has 6 heteroatoms. The summed E-state index contributed by atoms with van der Waals surface area (Å²) in [6, 6.07) is 5.46. The van der Waals surface area contributed by atoms with Crippen LogP contribution in [0.4, 0.5) is 0 Å². The maximum absolute atomic E-state index is 5.89. The molecule has 0 bridgehead atoms. The first kappa shape index (κ1) is 11.9. The summed E-state index contributed by atoms with van der Waals surface area (Å²) in [5.41, 5.74) is 0.848. The number of benzene rings is 1. The van der Waals surface area contributed by atoms with Crippen molar-refractivity contribution in [3.63, 3.8) is 0 Å². The van der Waals surface area contributed by atoms with Gasteiger partial charge in [-0.15, -0.1) is 11.6 Å². The third-order valence-corrected chi connectivity index (χ3v) is 3.36. The number of hydrogen-bond donors (Lipinski definition) is 0.